The maximum Gasteiger partial charge on any atom is 0.303 e. The van der Waals surface area contributed by atoms with Crippen LogP contribution in [0.1, 0.15) is 58.3 Å². The lowest BCUT2D eigenvalue weighted by molar-refractivity contribution is -0.267. The Kier molecular flexibility index (Phi) is 16.9. The zero-order valence-corrected chi connectivity index (χ0v) is 15.5. The second-order valence-corrected chi connectivity index (χ2v) is 5.93. The summed E-state index contributed by atoms with van der Waals surface area (Å²) in [6.45, 7) is 2.12. The molecule has 2 atom stereocenters. The van der Waals surface area contributed by atoms with Crippen molar-refractivity contribution in [2.24, 2.45) is 0 Å². The Labute approximate surface area is 156 Å². The topological polar surface area (TPSA) is 96.2 Å². The molecule has 0 saturated heterocycles. The molecule has 0 heterocycles. The van der Waals surface area contributed by atoms with Crippen molar-refractivity contribution in [2.75, 3.05) is 0 Å². The van der Waals surface area contributed by atoms with Crippen LogP contribution < -0.4 is 0 Å². The Bertz CT molecular complexity index is 453. The summed E-state index contributed by atoms with van der Waals surface area (Å²) in [7, 11) is 0. The van der Waals surface area contributed by atoms with Crippen LogP contribution in [-0.2, 0) is 14.6 Å². The molecule has 148 valence electrons. The van der Waals surface area contributed by atoms with Gasteiger partial charge in [0.1, 0.15) is 12.2 Å². The molecule has 6 nitrogen and oxygen atoms in total. The van der Waals surface area contributed by atoms with Gasteiger partial charge in [-0.3, -0.25) is 15.3 Å². The molecule has 0 radical (unpaired) electrons. The van der Waals surface area contributed by atoms with E-state index in [1.165, 1.54) is 0 Å². The van der Waals surface area contributed by atoms with Gasteiger partial charge in [0.2, 0.25) is 0 Å². The first-order valence-electron chi connectivity index (χ1n) is 9.12. The summed E-state index contributed by atoms with van der Waals surface area (Å²) in [4.78, 5) is 19.2. The number of carboxylic acids is 1. The molecule has 2 unspecified atom stereocenters. The van der Waals surface area contributed by atoms with Gasteiger partial charge >= 0.3 is 5.97 Å². The quantitative estimate of drug-likeness (QED) is 0.115. The number of hydrogen-bond acceptors (Lipinski definition) is 5. The SMILES string of the molecule is CCCCCC(C=CC=CC=CC(CC=CCCCC(=O)O)OO)OO. The minimum absolute atomic E-state index is 0.156. The highest BCUT2D eigenvalue weighted by molar-refractivity contribution is 5.66. The van der Waals surface area contributed by atoms with Gasteiger partial charge in [-0.1, -0.05) is 74.8 Å². The van der Waals surface area contributed by atoms with Crippen LogP contribution in [0.15, 0.2) is 48.6 Å². The van der Waals surface area contributed by atoms with Gasteiger partial charge in [0.25, 0.3) is 0 Å². The Balaban J connectivity index is 4.08. The predicted octanol–water partition coefficient (Wildman–Crippen LogP) is 5.15. The summed E-state index contributed by atoms with van der Waals surface area (Å²) in [5.41, 5.74) is 0. The van der Waals surface area contributed by atoms with E-state index in [1.54, 1.807) is 36.5 Å². The molecule has 6 heteroatoms. The average molecular weight is 368 g/mol. The minimum atomic E-state index is -0.795. The van der Waals surface area contributed by atoms with Crippen molar-refractivity contribution in [3.05, 3.63) is 48.6 Å². The molecule has 26 heavy (non-hydrogen) atoms. The molecule has 0 spiro atoms. The maximum absolute atomic E-state index is 10.4. The van der Waals surface area contributed by atoms with Crippen molar-refractivity contribution >= 4 is 5.97 Å². The third kappa shape index (κ3) is 15.8. The lowest BCUT2D eigenvalue weighted by Crippen LogP contribution is -2.06. The smallest absolute Gasteiger partial charge is 0.303 e. The third-order valence-electron chi connectivity index (χ3n) is 3.64. The highest BCUT2D eigenvalue weighted by atomic mass is 17.1. The van der Waals surface area contributed by atoms with Crippen molar-refractivity contribution < 1.29 is 30.2 Å². The van der Waals surface area contributed by atoms with E-state index in [9.17, 15) is 4.79 Å². The largest absolute Gasteiger partial charge is 0.481 e. The fourth-order valence-electron chi connectivity index (χ4n) is 2.16. The van der Waals surface area contributed by atoms with Crippen molar-refractivity contribution in [3.63, 3.8) is 0 Å². The van der Waals surface area contributed by atoms with Crippen LogP contribution in [0.2, 0.25) is 0 Å². The number of unbranched alkanes of at least 4 members (excludes halogenated alkanes) is 3. The van der Waals surface area contributed by atoms with Crippen LogP contribution in [0.5, 0.6) is 0 Å². The Morgan fingerprint density at radius 1 is 0.923 bits per heavy atom. The zero-order chi connectivity index (χ0) is 19.5. The van der Waals surface area contributed by atoms with E-state index in [0.29, 0.717) is 19.3 Å². The number of hydrogen-bond donors (Lipinski definition) is 3. The lowest BCUT2D eigenvalue weighted by Gasteiger charge is -2.07. The van der Waals surface area contributed by atoms with E-state index in [4.69, 9.17) is 15.6 Å². The summed E-state index contributed by atoms with van der Waals surface area (Å²) in [6.07, 6.45) is 19.6. The molecule has 0 aromatic heterocycles. The molecule has 0 fully saturated rings. The van der Waals surface area contributed by atoms with Crippen molar-refractivity contribution in [2.45, 2.75) is 70.5 Å². The Morgan fingerprint density at radius 2 is 1.58 bits per heavy atom. The Hall–Kier alpha value is -1.73. The molecular weight excluding hydrogens is 336 g/mol. The summed E-state index contributed by atoms with van der Waals surface area (Å²) in [5, 5.41) is 26.2. The van der Waals surface area contributed by atoms with E-state index in [-0.39, 0.29) is 12.5 Å². The molecule has 0 saturated carbocycles. The summed E-state index contributed by atoms with van der Waals surface area (Å²) in [6, 6.07) is 0. The van der Waals surface area contributed by atoms with E-state index in [2.05, 4.69) is 16.7 Å². The average Bonchev–Trinajstić information content (AvgIpc) is 2.63. The van der Waals surface area contributed by atoms with E-state index < -0.39 is 12.1 Å². The summed E-state index contributed by atoms with van der Waals surface area (Å²) < 4.78 is 0. The lowest BCUT2D eigenvalue weighted by atomic mass is 10.1. The van der Waals surface area contributed by atoms with Gasteiger partial charge < -0.3 is 5.11 Å². The van der Waals surface area contributed by atoms with Crippen LogP contribution in [0.25, 0.3) is 0 Å². The van der Waals surface area contributed by atoms with Crippen molar-refractivity contribution in [1.29, 1.82) is 0 Å². The first-order chi connectivity index (χ1) is 12.6. The van der Waals surface area contributed by atoms with Gasteiger partial charge in [0, 0.05) is 6.42 Å². The summed E-state index contributed by atoms with van der Waals surface area (Å²) in [5.74, 6) is -0.795. The van der Waals surface area contributed by atoms with Crippen LogP contribution >= 0.6 is 0 Å². The number of carboxylic acid groups (broad SMARTS) is 1. The van der Waals surface area contributed by atoms with E-state index in [1.807, 2.05) is 12.2 Å². The molecule has 0 aromatic rings. The molecule has 0 aliphatic carbocycles. The highest BCUT2D eigenvalue weighted by Gasteiger charge is 2.03. The molecule has 0 aliphatic rings. The van der Waals surface area contributed by atoms with Gasteiger partial charge in [0.05, 0.1) is 0 Å². The van der Waals surface area contributed by atoms with Crippen LogP contribution in [-0.4, -0.2) is 33.8 Å². The van der Waals surface area contributed by atoms with Gasteiger partial charge in [-0.2, -0.15) is 0 Å². The second kappa shape index (κ2) is 18.1. The zero-order valence-electron chi connectivity index (χ0n) is 15.5. The monoisotopic (exact) mass is 368 g/mol. The molecule has 0 aliphatic heterocycles. The molecular formula is C20H32O6. The summed E-state index contributed by atoms with van der Waals surface area (Å²) >= 11 is 0. The fourth-order valence-corrected chi connectivity index (χ4v) is 2.16. The molecule has 0 amide bonds. The normalized spacial score (nSPS) is 14.9. The minimum Gasteiger partial charge on any atom is -0.481 e. The van der Waals surface area contributed by atoms with Gasteiger partial charge in [-0.15, -0.1) is 0 Å². The van der Waals surface area contributed by atoms with Crippen molar-refractivity contribution in [3.8, 4) is 0 Å². The first kappa shape index (κ1) is 24.3. The van der Waals surface area contributed by atoms with Crippen LogP contribution in [0.4, 0.5) is 0 Å². The van der Waals surface area contributed by atoms with E-state index in [0.717, 1.165) is 25.7 Å². The first-order valence-corrected chi connectivity index (χ1v) is 9.12. The van der Waals surface area contributed by atoms with Crippen molar-refractivity contribution in [1.82, 2.24) is 0 Å². The molecule has 3 N–H and O–H groups in total. The highest BCUT2D eigenvalue weighted by Crippen LogP contribution is 2.07. The number of rotatable bonds is 16. The maximum atomic E-state index is 10.4. The standard InChI is InChI=1S/C20H32O6/c1-2-3-8-13-18(25-23)14-9-4-5-10-15-19(26-24)16-11-6-7-12-17-20(21)22/h4-6,9-11,14-15,18-19,23-24H,2-3,7-8,12-13,16-17H2,1H3,(H,21,22). The van der Waals surface area contributed by atoms with Gasteiger partial charge in [0.15, 0.2) is 0 Å². The molecule has 0 aromatic carbocycles. The Morgan fingerprint density at radius 3 is 2.15 bits per heavy atom. The molecule has 0 rings (SSSR count). The van der Waals surface area contributed by atoms with Gasteiger partial charge in [-0.05, 0) is 25.7 Å². The van der Waals surface area contributed by atoms with E-state index >= 15 is 0 Å². The predicted molar refractivity (Wildman–Crippen MR) is 102 cm³/mol. The molecule has 0 bridgehead atoms. The third-order valence-corrected chi connectivity index (χ3v) is 3.64. The van der Waals surface area contributed by atoms with Gasteiger partial charge in [-0.25, -0.2) is 9.78 Å². The number of carbonyl (C=O) groups is 1. The fraction of sp³-hybridized carbons (Fsp3) is 0.550. The second-order valence-electron chi connectivity index (χ2n) is 5.93. The number of allylic oxidation sites excluding steroid dienone is 5. The number of aliphatic carboxylic acids is 1. The van der Waals surface area contributed by atoms with Crippen LogP contribution in [0, 0.1) is 0 Å². The van der Waals surface area contributed by atoms with Crippen LogP contribution in [0.3, 0.4) is 0 Å².